The Bertz CT molecular complexity index is 573. The van der Waals surface area contributed by atoms with Gasteiger partial charge in [0.25, 0.3) is 5.91 Å². The van der Waals surface area contributed by atoms with Gasteiger partial charge in [0.1, 0.15) is 11.4 Å². The minimum absolute atomic E-state index is 0.156. The molecule has 0 saturated heterocycles. The van der Waals surface area contributed by atoms with Gasteiger partial charge in [-0.15, -0.1) is 0 Å². The van der Waals surface area contributed by atoms with Gasteiger partial charge < -0.3 is 10.1 Å². The zero-order valence-electron chi connectivity index (χ0n) is 12.9. The number of methoxy groups -OCH3 is 1. The summed E-state index contributed by atoms with van der Waals surface area (Å²) < 4.78 is 4.61. The molecule has 1 heterocycles. The van der Waals surface area contributed by atoms with Gasteiger partial charge in [0, 0.05) is 6.54 Å². The topological polar surface area (TPSA) is 68.3 Å². The molecule has 0 radical (unpaired) electrons. The maximum absolute atomic E-state index is 12.1. The van der Waals surface area contributed by atoms with E-state index in [-0.39, 0.29) is 17.3 Å². The first kappa shape index (κ1) is 15.0. The smallest absolute Gasteiger partial charge is 0.356 e. The number of nitrogens with zero attached hydrogens (tertiary/aromatic N) is 1. The molecule has 5 nitrogen and oxygen atoms in total. The Kier molecular flexibility index (Phi) is 4.41. The van der Waals surface area contributed by atoms with Crippen molar-refractivity contribution < 1.29 is 14.3 Å². The summed E-state index contributed by atoms with van der Waals surface area (Å²) in [5.41, 5.74) is 0.416. The van der Waals surface area contributed by atoms with E-state index in [4.69, 9.17) is 0 Å². The van der Waals surface area contributed by atoms with Crippen molar-refractivity contribution in [2.45, 2.75) is 32.1 Å². The number of fused-ring (bicyclic) bond motifs is 2. The number of amides is 1. The Morgan fingerprint density at radius 3 is 2.77 bits per heavy atom. The lowest BCUT2D eigenvalue weighted by molar-refractivity contribution is 0.0594. The molecule has 2 aliphatic rings. The summed E-state index contributed by atoms with van der Waals surface area (Å²) in [5.74, 6) is 1.82. The van der Waals surface area contributed by atoms with Gasteiger partial charge in [-0.2, -0.15) is 0 Å². The fourth-order valence-electron chi connectivity index (χ4n) is 3.97. The lowest BCUT2D eigenvalue weighted by Crippen LogP contribution is -2.28. The van der Waals surface area contributed by atoms with Crippen molar-refractivity contribution in [3.05, 3.63) is 29.6 Å². The van der Waals surface area contributed by atoms with Gasteiger partial charge in [-0.05, 0) is 55.6 Å². The standard InChI is InChI=1S/C17H22N2O3/c1-22-17(21)15-4-2-3-14(19-15)16(20)18-8-7-13-10-11-5-6-12(13)9-11/h2-4,11-13H,5-10H2,1H3,(H,18,20)/t11-,12-,13-/m0/s1. The molecule has 1 aromatic heterocycles. The number of esters is 1. The fourth-order valence-corrected chi connectivity index (χ4v) is 3.97. The van der Waals surface area contributed by atoms with Crippen molar-refractivity contribution in [1.29, 1.82) is 0 Å². The molecule has 3 rings (SSSR count). The van der Waals surface area contributed by atoms with Gasteiger partial charge in [0.05, 0.1) is 7.11 Å². The van der Waals surface area contributed by atoms with Crippen molar-refractivity contribution in [3.63, 3.8) is 0 Å². The molecule has 2 saturated carbocycles. The highest BCUT2D eigenvalue weighted by Gasteiger charge is 2.38. The normalized spacial score (nSPS) is 26.0. The van der Waals surface area contributed by atoms with Crippen LogP contribution in [0.4, 0.5) is 0 Å². The van der Waals surface area contributed by atoms with Crippen molar-refractivity contribution >= 4 is 11.9 Å². The van der Waals surface area contributed by atoms with Gasteiger partial charge in [0.15, 0.2) is 0 Å². The van der Waals surface area contributed by atoms with E-state index in [2.05, 4.69) is 15.0 Å². The van der Waals surface area contributed by atoms with Crippen LogP contribution in [-0.4, -0.2) is 30.5 Å². The Hall–Kier alpha value is -1.91. The van der Waals surface area contributed by atoms with E-state index in [0.29, 0.717) is 6.54 Å². The largest absolute Gasteiger partial charge is 0.464 e. The molecule has 0 unspecified atom stereocenters. The van der Waals surface area contributed by atoms with Crippen LogP contribution in [0.25, 0.3) is 0 Å². The summed E-state index contributed by atoms with van der Waals surface area (Å²) in [6.07, 6.45) is 6.53. The summed E-state index contributed by atoms with van der Waals surface area (Å²) in [6, 6.07) is 4.79. The van der Waals surface area contributed by atoms with Crippen LogP contribution in [0, 0.1) is 17.8 Å². The predicted molar refractivity (Wildman–Crippen MR) is 81.5 cm³/mol. The lowest BCUT2D eigenvalue weighted by Gasteiger charge is -2.21. The highest BCUT2D eigenvalue weighted by molar-refractivity contribution is 5.94. The summed E-state index contributed by atoms with van der Waals surface area (Å²) >= 11 is 0. The Morgan fingerprint density at radius 1 is 1.27 bits per heavy atom. The molecule has 118 valence electrons. The van der Waals surface area contributed by atoms with Crippen LogP contribution in [0.2, 0.25) is 0 Å². The molecule has 22 heavy (non-hydrogen) atoms. The lowest BCUT2D eigenvalue weighted by atomic mass is 9.86. The van der Waals surface area contributed by atoms with Crippen LogP contribution in [-0.2, 0) is 4.74 Å². The molecule has 0 spiro atoms. The number of aromatic nitrogens is 1. The number of nitrogens with one attached hydrogen (secondary N) is 1. The third-order valence-electron chi connectivity index (χ3n) is 5.06. The molecule has 1 N–H and O–H groups in total. The first-order valence-corrected chi connectivity index (χ1v) is 8.01. The maximum atomic E-state index is 12.1. The van der Waals surface area contributed by atoms with Gasteiger partial charge in [-0.3, -0.25) is 4.79 Å². The SMILES string of the molecule is COC(=O)c1cccc(C(=O)NCC[C@H]2C[C@H]3CC[C@H]2C3)n1. The molecular formula is C17H22N2O3. The van der Waals surface area contributed by atoms with Crippen LogP contribution >= 0.6 is 0 Å². The van der Waals surface area contributed by atoms with Crippen molar-refractivity contribution in [1.82, 2.24) is 10.3 Å². The molecule has 0 aromatic carbocycles. The van der Waals surface area contributed by atoms with E-state index in [9.17, 15) is 9.59 Å². The second-order valence-corrected chi connectivity index (χ2v) is 6.38. The highest BCUT2D eigenvalue weighted by atomic mass is 16.5. The number of hydrogen-bond donors (Lipinski definition) is 1. The number of ether oxygens (including phenoxy) is 1. The summed E-state index contributed by atoms with van der Waals surface area (Å²) in [6.45, 7) is 0.677. The molecule has 2 bridgehead atoms. The summed E-state index contributed by atoms with van der Waals surface area (Å²) in [5, 5.41) is 2.92. The van der Waals surface area contributed by atoms with Gasteiger partial charge in [0.2, 0.25) is 0 Å². The monoisotopic (exact) mass is 302 g/mol. The average Bonchev–Trinajstić information content (AvgIpc) is 3.17. The third-order valence-corrected chi connectivity index (χ3v) is 5.06. The second-order valence-electron chi connectivity index (χ2n) is 6.38. The molecule has 0 aliphatic heterocycles. The average molecular weight is 302 g/mol. The van der Waals surface area contributed by atoms with Gasteiger partial charge in [-0.25, -0.2) is 9.78 Å². The molecule has 5 heteroatoms. The highest BCUT2D eigenvalue weighted by Crippen LogP contribution is 2.49. The molecule has 2 aliphatic carbocycles. The minimum atomic E-state index is -0.531. The van der Waals surface area contributed by atoms with Crippen LogP contribution < -0.4 is 5.32 Å². The summed E-state index contributed by atoms with van der Waals surface area (Å²) in [7, 11) is 1.30. The zero-order chi connectivity index (χ0) is 15.5. The van der Waals surface area contributed by atoms with E-state index < -0.39 is 5.97 Å². The van der Waals surface area contributed by atoms with E-state index >= 15 is 0 Å². The van der Waals surface area contributed by atoms with Crippen LogP contribution in [0.5, 0.6) is 0 Å². The van der Waals surface area contributed by atoms with Crippen molar-refractivity contribution in [3.8, 4) is 0 Å². The van der Waals surface area contributed by atoms with Gasteiger partial charge >= 0.3 is 5.97 Å². The molecular weight excluding hydrogens is 280 g/mol. The number of rotatable bonds is 5. The molecule has 1 amide bonds. The number of hydrogen-bond acceptors (Lipinski definition) is 4. The molecule has 1 aromatic rings. The van der Waals surface area contributed by atoms with Crippen LogP contribution in [0.3, 0.4) is 0 Å². The maximum Gasteiger partial charge on any atom is 0.356 e. The van der Waals surface area contributed by atoms with Crippen LogP contribution in [0.15, 0.2) is 18.2 Å². The quantitative estimate of drug-likeness (QED) is 0.848. The zero-order valence-corrected chi connectivity index (χ0v) is 12.9. The number of carbonyl (C=O) groups is 2. The Labute approximate surface area is 130 Å². The minimum Gasteiger partial charge on any atom is -0.464 e. The van der Waals surface area contributed by atoms with Crippen molar-refractivity contribution in [2.75, 3.05) is 13.7 Å². The van der Waals surface area contributed by atoms with E-state index in [1.54, 1.807) is 12.1 Å². The van der Waals surface area contributed by atoms with E-state index in [0.717, 1.165) is 24.2 Å². The fraction of sp³-hybridized carbons (Fsp3) is 0.588. The van der Waals surface area contributed by atoms with E-state index in [1.165, 1.54) is 38.9 Å². The third kappa shape index (κ3) is 3.13. The second kappa shape index (κ2) is 6.46. The van der Waals surface area contributed by atoms with Gasteiger partial charge in [-0.1, -0.05) is 12.5 Å². The first-order valence-electron chi connectivity index (χ1n) is 8.01. The number of carbonyl (C=O) groups excluding carboxylic acids is 2. The Morgan fingerprint density at radius 2 is 2.09 bits per heavy atom. The van der Waals surface area contributed by atoms with Crippen LogP contribution in [0.1, 0.15) is 53.1 Å². The molecule has 3 atom stereocenters. The first-order chi connectivity index (χ1) is 10.7. The predicted octanol–water partition coefficient (Wildman–Crippen LogP) is 2.42. The summed E-state index contributed by atoms with van der Waals surface area (Å²) in [4.78, 5) is 27.6. The Balaban J connectivity index is 1.50. The molecule has 2 fully saturated rings. The number of pyridine rings is 1. The van der Waals surface area contributed by atoms with Crippen molar-refractivity contribution in [2.24, 2.45) is 17.8 Å². The van der Waals surface area contributed by atoms with E-state index in [1.807, 2.05) is 0 Å².